The minimum absolute atomic E-state index is 0.471. The Morgan fingerprint density at radius 3 is 2.69 bits per heavy atom. The molecule has 6 heteroatoms. The number of guanidine groups is 1. The Hall–Kier alpha value is -2.34. The van der Waals surface area contributed by atoms with E-state index >= 15 is 0 Å². The fourth-order valence-electron chi connectivity index (χ4n) is 2.32. The molecule has 0 amide bonds. The molecule has 0 fully saturated rings. The summed E-state index contributed by atoms with van der Waals surface area (Å²) in [7, 11) is 0. The molecule has 2 rings (SSSR count). The van der Waals surface area contributed by atoms with Gasteiger partial charge >= 0.3 is 0 Å². The van der Waals surface area contributed by atoms with Gasteiger partial charge in [-0.2, -0.15) is 0 Å². The minimum Gasteiger partial charge on any atom is -0.444 e. The van der Waals surface area contributed by atoms with Crippen molar-refractivity contribution in [1.29, 1.82) is 0 Å². The maximum atomic E-state index is 5.57. The van der Waals surface area contributed by atoms with Crippen molar-refractivity contribution in [3.8, 4) is 11.5 Å². The number of benzene rings is 1. The molecule has 0 atom stereocenters. The van der Waals surface area contributed by atoms with Crippen LogP contribution in [0.5, 0.6) is 0 Å². The van der Waals surface area contributed by atoms with E-state index in [9.17, 15) is 0 Å². The molecule has 0 spiro atoms. The number of aromatic nitrogens is 1. The van der Waals surface area contributed by atoms with E-state index in [0.29, 0.717) is 12.4 Å². The zero-order chi connectivity index (χ0) is 18.5. The summed E-state index contributed by atoms with van der Waals surface area (Å²) >= 11 is 0. The summed E-state index contributed by atoms with van der Waals surface area (Å²) in [6.07, 6.45) is 4.91. The van der Waals surface area contributed by atoms with Gasteiger partial charge in [0, 0.05) is 31.9 Å². The predicted octanol–water partition coefficient (Wildman–Crippen LogP) is 3.60. The third kappa shape index (κ3) is 7.27. The molecule has 0 aliphatic carbocycles. The van der Waals surface area contributed by atoms with Crippen molar-refractivity contribution in [3.05, 3.63) is 42.3 Å². The topological polar surface area (TPSA) is 71.7 Å². The van der Waals surface area contributed by atoms with E-state index in [4.69, 9.17) is 9.15 Å². The Morgan fingerprint density at radius 1 is 1.12 bits per heavy atom. The van der Waals surface area contributed by atoms with Gasteiger partial charge in [-0.05, 0) is 31.9 Å². The minimum atomic E-state index is 0.471. The number of nitrogens with zero attached hydrogens (tertiary/aromatic N) is 2. The van der Waals surface area contributed by atoms with Crippen LogP contribution in [-0.4, -0.2) is 37.2 Å². The van der Waals surface area contributed by atoms with E-state index in [1.165, 1.54) is 6.42 Å². The maximum Gasteiger partial charge on any atom is 0.226 e. The van der Waals surface area contributed by atoms with Gasteiger partial charge in [-0.25, -0.2) is 9.98 Å². The normalized spacial score (nSPS) is 11.5. The second kappa shape index (κ2) is 12.1. The van der Waals surface area contributed by atoms with Gasteiger partial charge in [-0.1, -0.05) is 31.5 Å². The second-order valence-corrected chi connectivity index (χ2v) is 5.95. The van der Waals surface area contributed by atoms with Crippen LogP contribution in [0, 0.1) is 0 Å². The lowest BCUT2D eigenvalue weighted by Crippen LogP contribution is -2.38. The number of ether oxygens (including phenoxy) is 1. The summed E-state index contributed by atoms with van der Waals surface area (Å²) in [5.41, 5.74) is 1.78. The molecule has 142 valence electrons. The number of hydrogen-bond acceptors (Lipinski definition) is 4. The highest BCUT2D eigenvalue weighted by Crippen LogP contribution is 2.18. The molecule has 0 unspecified atom stereocenters. The maximum absolute atomic E-state index is 5.57. The molecule has 0 bridgehead atoms. The molecular formula is C20H30N4O2. The van der Waals surface area contributed by atoms with Gasteiger partial charge in [-0.3, -0.25) is 0 Å². The van der Waals surface area contributed by atoms with Crippen LogP contribution in [-0.2, 0) is 11.3 Å². The zero-order valence-corrected chi connectivity index (χ0v) is 15.8. The number of nitrogens with one attached hydrogen (secondary N) is 2. The summed E-state index contributed by atoms with van der Waals surface area (Å²) in [5.74, 6) is 1.41. The van der Waals surface area contributed by atoms with E-state index in [1.807, 2.05) is 30.3 Å². The lowest BCUT2D eigenvalue weighted by molar-refractivity contribution is 0.129. The van der Waals surface area contributed by atoms with E-state index in [2.05, 4.69) is 34.5 Å². The molecule has 1 aromatic carbocycles. The lowest BCUT2D eigenvalue weighted by atomic mass is 10.2. The van der Waals surface area contributed by atoms with Crippen LogP contribution < -0.4 is 10.6 Å². The van der Waals surface area contributed by atoms with E-state index in [1.54, 1.807) is 6.26 Å². The molecule has 0 aliphatic heterocycles. The Labute approximate surface area is 156 Å². The van der Waals surface area contributed by atoms with Crippen LogP contribution in [0.1, 0.15) is 38.8 Å². The average Bonchev–Trinajstić information content (AvgIpc) is 3.15. The van der Waals surface area contributed by atoms with E-state index in [0.717, 1.165) is 56.4 Å². The molecule has 6 nitrogen and oxygen atoms in total. The molecular weight excluding hydrogens is 328 g/mol. The third-order valence-corrected chi connectivity index (χ3v) is 3.72. The zero-order valence-electron chi connectivity index (χ0n) is 15.8. The summed E-state index contributed by atoms with van der Waals surface area (Å²) in [6, 6.07) is 9.87. The van der Waals surface area contributed by atoms with Gasteiger partial charge in [0.15, 0.2) is 5.96 Å². The van der Waals surface area contributed by atoms with Gasteiger partial charge in [-0.15, -0.1) is 0 Å². The average molecular weight is 358 g/mol. The van der Waals surface area contributed by atoms with Crippen molar-refractivity contribution < 1.29 is 9.15 Å². The third-order valence-electron chi connectivity index (χ3n) is 3.72. The van der Waals surface area contributed by atoms with Crippen molar-refractivity contribution in [2.45, 2.75) is 39.7 Å². The molecule has 0 radical (unpaired) electrons. The van der Waals surface area contributed by atoms with E-state index in [-0.39, 0.29) is 0 Å². The largest absolute Gasteiger partial charge is 0.444 e. The first kappa shape index (κ1) is 20.0. The fourth-order valence-corrected chi connectivity index (χ4v) is 2.32. The van der Waals surface area contributed by atoms with Crippen LogP contribution in [0.4, 0.5) is 0 Å². The van der Waals surface area contributed by atoms with Gasteiger partial charge in [0.2, 0.25) is 5.89 Å². The number of aliphatic imine (C=N–C) groups is 1. The number of oxazole rings is 1. The first-order valence-electron chi connectivity index (χ1n) is 9.43. The molecule has 26 heavy (non-hydrogen) atoms. The quantitative estimate of drug-likeness (QED) is 0.365. The predicted molar refractivity (Wildman–Crippen MR) is 105 cm³/mol. The highest BCUT2D eigenvalue weighted by molar-refractivity contribution is 5.79. The molecule has 1 aromatic heterocycles. The molecule has 0 saturated carbocycles. The fraction of sp³-hybridized carbons (Fsp3) is 0.500. The van der Waals surface area contributed by atoms with Gasteiger partial charge in [0.05, 0.1) is 6.54 Å². The van der Waals surface area contributed by atoms with Crippen molar-refractivity contribution in [1.82, 2.24) is 15.6 Å². The van der Waals surface area contributed by atoms with Crippen molar-refractivity contribution >= 4 is 5.96 Å². The van der Waals surface area contributed by atoms with Crippen LogP contribution in [0.2, 0.25) is 0 Å². The monoisotopic (exact) mass is 358 g/mol. The first-order chi connectivity index (χ1) is 12.8. The van der Waals surface area contributed by atoms with Gasteiger partial charge < -0.3 is 19.8 Å². The number of unbranched alkanes of at least 4 members (excludes halogenated alkanes) is 1. The van der Waals surface area contributed by atoms with Crippen LogP contribution in [0.25, 0.3) is 11.5 Å². The first-order valence-corrected chi connectivity index (χ1v) is 9.43. The van der Waals surface area contributed by atoms with Crippen LogP contribution in [0.15, 0.2) is 46.0 Å². The summed E-state index contributed by atoms with van der Waals surface area (Å²) < 4.78 is 11.1. The molecule has 1 heterocycles. The number of hydrogen-bond donors (Lipinski definition) is 2. The highest BCUT2D eigenvalue weighted by Gasteiger charge is 2.06. The summed E-state index contributed by atoms with van der Waals surface area (Å²) in [5, 5.41) is 6.56. The SMILES string of the molecule is CCCCOCCCNC(=NCc1coc(-c2ccccc2)n1)NCC. The van der Waals surface area contributed by atoms with Gasteiger partial charge in [0.25, 0.3) is 0 Å². The molecule has 2 N–H and O–H groups in total. The summed E-state index contributed by atoms with van der Waals surface area (Å²) in [6.45, 7) is 7.95. The Balaban J connectivity index is 1.78. The lowest BCUT2D eigenvalue weighted by Gasteiger charge is -2.11. The molecule has 0 aliphatic rings. The van der Waals surface area contributed by atoms with Crippen molar-refractivity contribution in [2.75, 3.05) is 26.3 Å². The van der Waals surface area contributed by atoms with Crippen molar-refractivity contribution in [2.24, 2.45) is 4.99 Å². The molecule has 2 aromatic rings. The Bertz CT molecular complexity index is 640. The molecule has 0 saturated heterocycles. The smallest absolute Gasteiger partial charge is 0.226 e. The second-order valence-electron chi connectivity index (χ2n) is 5.95. The van der Waals surface area contributed by atoms with Crippen LogP contribution in [0.3, 0.4) is 0 Å². The van der Waals surface area contributed by atoms with Gasteiger partial charge in [0.1, 0.15) is 12.0 Å². The number of rotatable bonds is 11. The van der Waals surface area contributed by atoms with E-state index < -0.39 is 0 Å². The Morgan fingerprint density at radius 2 is 1.92 bits per heavy atom. The standard InChI is InChI=1S/C20H30N4O2/c1-3-5-13-25-14-9-12-22-20(21-4-2)23-15-18-16-26-19(24-18)17-10-7-6-8-11-17/h6-8,10-11,16H,3-5,9,12-15H2,1-2H3,(H2,21,22,23). The Kier molecular flexibility index (Phi) is 9.29. The van der Waals surface area contributed by atoms with Crippen molar-refractivity contribution in [3.63, 3.8) is 0 Å². The summed E-state index contributed by atoms with van der Waals surface area (Å²) in [4.78, 5) is 9.07. The highest BCUT2D eigenvalue weighted by atomic mass is 16.5. The van der Waals surface area contributed by atoms with Crippen LogP contribution >= 0.6 is 0 Å².